The zero-order chi connectivity index (χ0) is 21.4. The lowest BCUT2D eigenvalue weighted by molar-refractivity contribution is -0.111. The molecule has 5 rings (SSSR count). The lowest BCUT2D eigenvalue weighted by atomic mass is 10.0. The van der Waals surface area contributed by atoms with Crippen molar-refractivity contribution in [1.29, 1.82) is 0 Å². The molecule has 0 aliphatic rings. The molecule has 0 bridgehead atoms. The van der Waals surface area contributed by atoms with Crippen LogP contribution in [-0.4, -0.2) is 25.8 Å². The number of carbonyl (C=O) groups is 1. The Balaban J connectivity index is 1.62. The Morgan fingerprint density at radius 3 is 2.77 bits per heavy atom. The summed E-state index contributed by atoms with van der Waals surface area (Å²) in [5.74, 6) is -0.238. The third-order valence-corrected chi connectivity index (χ3v) is 5.44. The molecule has 0 unspecified atom stereocenters. The van der Waals surface area contributed by atoms with Gasteiger partial charge in [-0.05, 0) is 54.0 Å². The lowest BCUT2D eigenvalue weighted by Gasteiger charge is -2.07. The highest BCUT2D eigenvalue weighted by atomic mass is 16.1. The maximum atomic E-state index is 11.6. The molecule has 0 spiro atoms. The normalized spacial score (nSPS) is 11.1. The van der Waals surface area contributed by atoms with E-state index in [9.17, 15) is 4.79 Å². The van der Waals surface area contributed by atoms with Crippen molar-refractivity contribution in [3.63, 3.8) is 0 Å². The number of fused-ring (bicyclic) bond motifs is 2. The van der Waals surface area contributed by atoms with Crippen molar-refractivity contribution < 1.29 is 4.79 Å². The van der Waals surface area contributed by atoms with E-state index in [0.717, 1.165) is 56.4 Å². The molecule has 0 fully saturated rings. The van der Waals surface area contributed by atoms with Crippen molar-refractivity contribution in [3.05, 3.63) is 79.4 Å². The minimum Gasteiger partial charge on any atom is -0.346 e. The molecule has 6 nitrogen and oxygen atoms in total. The Labute approximate surface area is 179 Å². The Morgan fingerprint density at radius 2 is 1.94 bits per heavy atom. The van der Waals surface area contributed by atoms with Gasteiger partial charge < -0.3 is 15.3 Å². The number of hydrogen-bond acceptors (Lipinski definition) is 3. The molecule has 0 saturated heterocycles. The van der Waals surface area contributed by atoms with Crippen molar-refractivity contribution in [3.8, 4) is 22.3 Å². The largest absolute Gasteiger partial charge is 0.346 e. The van der Waals surface area contributed by atoms with Crippen LogP contribution in [0.3, 0.4) is 0 Å². The first-order valence-electron chi connectivity index (χ1n) is 10.1. The topological polar surface area (TPSA) is 86.5 Å². The number of benzene rings is 1. The first kappa shape index (κ1) is 18.8. The van der Waals surface area contributed by atoms with Crippen LogP contribution in [0.1, 0.15) is 12.6 Å². The summed E-state index contributed by atoms with van der Waals surface area (Å²) in [5.41, 5.74) is 7.71. The molecule has 0 aliphatic carbocycles. The van der Waals surface area contributed by atoms with Crippen LogP contribution in [0.2, 0.25) is 0 Å². The Bertz CT molecular complexity index is 1440. The van der Waals surface area contributed by atoms with Crippen LogP contribution in [0, 0.1) is 0 Å². The van der Waals surface area contributed by atoms with Gasteiger partial charge in [0.2, 0.25) is 5.91 Å². The highest BCUT2D eigenvalue weighted by molar-refractivity contribution is 6.04. The second-order valence-electron chi connectivity index (χ2n) is 7.37. The fourth-order valence-electron chi connectivity index (χ4n) is 3.86. The van der Waals surface area contributed by atoms with Gasteiger partial charge in [-0.3, -0.25) is 4.79 Å². The summed E-state index contributed by atoms with van der Waals surface area (Å²) in [4.78, 5) is 27.4. The maximum absolute atomic E-state index is 11.6. The van der Waals surface area contributed by atoms with E-state index in [-0.39, 0.29) is 5.91 Å². The Hall–Kier alpha value is -4.19. The maximum Gasteiger partial charge on any atom is 0.247 e. The fraction of sp³-hybridized carbons (Fsp3) is 0.0800. The molecule has 3 N–H and O–H groups in total. The van der Waals surface area contributed by atoms with Crippen molar-refractivity contribution in [2.45, 2.75) is 13.3 Å². The average molecular weight is 407 g/mol. The highest BCUT2D eigenvalue weighted by Gasteiger charge is 2.14. The minimum absolute atomic E-state index is 0.238. The van der Waals surface area contributed by atoms with E-state index in [1.807, 2.05) is 48.9 Å². The molecule has 4 heterocycles. The molecule has 6 heteroatoms. The zero-order valence-electron chi connectivity index (χ0n) is 17.1. The third kappa shape index (κ3) is 3.38. The SMILES string of the molecule is C=CC(=O)Nc1cccc(-c2cnc3[nH]cc(-c4ccnc5[nH]c(CC)cc45)c3c2)c1. The zero-order valence-corrected chi connectivity index (χ0v) is 17.1. The number of nitrogens with one attached hydrogen (secondary N) is 3. The number of nitrogens with zero attached hydrogens (tertiary/aromatic N) is 2. The fourth-order valence-corrected chi connectivity index (χ4v) is 3.86. The van der Waals surface area contributed by atoms with E-state index in [2.05, 4.69) is 50.9 Å². The van der Waals surface area contributed by atoms with Gasteiger partial charge >= 0.3 is 0 Å². The Kier molecular flexibility index (Phi) is 4.59. The van der Waals surface area contributed by atoms with E-state index in [4.69, 9.17) is 0 Å². The molecule has 0 radical (unpaired) electrons. The van der Waals surface area contributed by atoms with Crippen molar-refractivity contribution in [2.75, 3.05) is 5.32 Å². The summed E-state index contributed by atoms with van der Waals surface area (Å²) in [5, 5.41) is 4.93. The molecule has 31 heavy (non-hydrogen) atoms. The first-order valence-corrected chi connectivity index (χ1v) is 10.1. The van der Waals surface area contributed by atoms with Gasteiger partial charge in [0.1, 0.15) is 11.3 Å². The van der Waals surface area contributed by atoms with Crippen LogP contribution in [-0.2, 0) is 11.2 Å². The van der Waals surface area contributed by atoms with Gasteiger partial charge in [-0.1, -0.05) is 25.6 Å². The van der Waals surface area contributed by atoms with E-state index in [1.165, 1.54) is 6.08 Å². The molecule has 0 aliphatic heterocycles. The summed E-state index contributed by atoms with van der Waals surface area (Å²) in [6.07, 6.45) is 7.84. The summed E-state index contributed by atoms with van der Waals surface area (Å²) in [6.45, 7) is 5.62. The summed E-state index contributed by atoms with van der Waals surface area (Å²) < 4.78 is 0. The third-order valence-electron chi connectivity index (χ3n) is 5.44. The smallest absolute Gasteiger partial charge is 0.247 e. The van der Waals surface area contributed by atoms with Crippen molar-refractivity contribution in [2.24, 2.45) is 0 Å². The van der Waals surface area contributed by atoms with Gasteiger partial charge in [0.05, 0.1) is 0 Å². The van der Waals surface area contributed by atoms with Gasteiger partial charge in [0, 0.05) is 51.9 Å². The number of rotatable bonds is 5. The van der Waals surface area contributed by atoms with E-state index in [1.54, 1.807) is 0 Å². The second-order valence-corrected chi connectivity index (χ2v) is 7.37. The average Bonchev–Trinajstić information content (AvgIpc) is 3.42. The van der Waals surface area contributed by atoms with E-state index < -0.39 is 0 Å². The highest BCUT2D eigenvalue weighted by Crippen LogP contribution is 2.35. The summed E-state index contributed by atoms with van der Waals surface area (Å²) in [6, 6.07) is 14.0. The number of hydrogen-bond donors (Lipinski definition) is 3. The van der Waals surface area contributed by atoms with Gasteiger partial charge in [-0.25, -0.2) is 9.97 Å². The summed E-state index contributed by atoms with van der Waals surface area (Å²) >= 11 is 0. The molecule has 5 aromatic rings. The predicted molar refractivity (Wildman–Crippen MR) is 125 cm³/mol. The number of aromatic nitrogens is 4. The molecule has 4 aromatic heterocycles. The number of H-pyrrole nitrogens is 2. The number of carbonyl (C=O) groups excluding carboxylic acids is 1. The molecule has 0 atom stereocenters. The quantitative estimate of drug-likeness (QED) is 0.338. The van der Waals surface area contributed by atoms with Crippen molar-refractivity contribution in [1.82, 2.24) is 19.9 Å². The molecular weight excluding hydrogens is 386 g/mol. The summed E-state index contributed by atoms with van der Waals surface area (Å²) in [7, 11) is 0. The molecular formula is C25H21N5O. The van der Waals surface area contributed by atoms with Crippen LogP contribution in [0.15, 0.2) is 73.7 Å². The predicted octanol–water partition coefficient (Wildman–Crippen LogP) is 5.46. The number of amides is 1. The monoisotopic (exact) mass is 407 g/mol. The lowest BCUT2D eigenvalue weighted by Crippen LogP contribution is -2.06. The van der Waals surface area contributed by atoms with Crippen LogP contribution >= 0.6 is 0 Å². The van der Waals surface area contributed by atoms with Gasteiger partial charge in [0.15, 0.2) is 0 Å². The van der Waals surface area contributed by atoms with Gasteiger partial charge in [-0.2, -0.15) is 0 Å². The minimum atomic E-state index is -0.238. The number of pyridine rings is 2. The molecule has 0 saturated carbocycles. The van der Waals surface area contributed by atoms with Gasteiger partial charge in [0.25, 0.3) is 0 Å². The van der Waals surface area contributed by atoms with E-state index >= 15 is 0 Å². The Morgan fingerprint density at radius 1 is 1.06 bits per heavy atom. The molecule has 1 amide bonds. The number of aryl methyl sites for hydroxylation is 1. The molecule has 1 aromatic carbocycles. The van der Waals surface area contributed by atoms with Crippen molar-refractivity contribution >= 4 is 33.7 Å². The van der Waals surface area contributed by atoms with Crippen LogP contribution < -0.4 is 5.32 Å². The van der Waals surface area contributed by atoms with Crippen LogP contribution in [0.5, 0.6) is 0 Å². The second kappa shape index (κ2) is 7.57. The number of anilines is 1. The first-order chi connectivity index (χ1) is 15.2. The standard InChI is InChI=1S/C25H21N5O/c1-3-17-12-21-19(8-9-26-25(21)30-17)22-14-28-24-20(22)11-16(13-27-24)15-6-5-7-18(10-15)29-23(31)4-2/h4-14H,2-3H2,1H3,(H,26,30)(H,27,28)(H,29,31). The van der Waals surface area contributed by atoms with Crippen LogP contribution in [0.4, 0.5) is 5.69 Å². The number of aromatic amines is 2. The van der Waals surface area contributed by atoms with Gasteiger partial charge in [-0.15, -0.1) is 0 Å². The molecule has 152 valence electrons. The van der Waals surface area contributed by atoms with E-state index in [0.29, 0.717) is 5.69 Å². The van der Waals surface area contributed by atoms with Crippen LogP contribution in [0.25, 0.3) is 44.3 Å².